The molecule has 0 unspecified atom stereocenters. The second-order valence-corrected chi connectivity index (χ2v) is 5.11. The van der Waals surface area contributed by atoms with E-state index < -0.39 is 0 Å². The Labute approximate surface area is 131 Å². The van der Waals surface area contributed by atoms with Crippen LogP contribution in [0.25, 0.3) is 0 Å². The van der Waals surface area contributed by atoms with Crippen molar-refractivity contribution < 1.29 is 4.74 Å². The molecule has 0 atom stereocenters. The maximum Gasteiger partial charge on any atom is 0.169 e. The van der Waals surface area contributed by atoms with E-state index in [2.05, 4.69) is 17.4 Å². The van der Waals surface area contributed by atoms with Crippen molar-refractivity contribution in [2.24, 2.45) is 0 Å². The molecule has 1 N–H and O–H groups in total. The number of thiocarbonyl (C=S) groups is 1. The van der Waals surface area contributed by atoms with Gasteiger partial charge in [0.05, 0.1) is 6.54 Å². The van der Waals surface area contributed by atoms with Gasteiger partial charge in [-0.1, -0.05) is 48.5 Å². The van der Waals surface area contributed by atoms with Crippen molar-refractivity contribution in [3.8, 4) is 5.75 Å². The highest BCUT2D eigenvalue weighted by Crippen LogP contribution is 2.07. The molecular formula is C17H20N2OS. The van der Waals surface area contributed by atoms with E-state index in [1.165, 1.54) is 5.56 Å². The van der Waals surface area contributed by atoms with Crippen LogP contribution in [0.1, 0.15) is 5.56 Å². The average molecular weight is 300 g/mol. The molecule has 0 fully saturated rings. The summed E-state index contributed by atoms with van der Waals surface area (Å²) >= 11 is 5.37. The van der Waals surface area contributed by atoms with E-state index in [0.29, 0.717) is 6.61 Å². The van der Waals surface area contributed by atoms with Crippen molar-refractivity contribution in [3.05, 3.63) is 66.2 Å². The number of rotatable bonds is 6. The van der Waals surface area contributed by atoms with Crippen molar-refractivity contribution in [1.82, 2.24) is 10.2 Å². The highest BCUT2D eigenvalue weighted by Gasteiger charge is 2.04. The average Bonchev–Trinajstić information content (AvgIpc) is 2.54. The number of para-hydroxylation sites is 1. The number of ether oxygens (including phenoxy) is 1. The third-order valence-corrected chi connectivity index (χ3v) is 3.53. The van der Waals surface area contributed by atoms with Gasteiger partial charge >= 0.3 is 0 Å². The third-order valence-electron chi connectivity index (χ3n) is 3.07. The van der Waals surface area contributed by atoms with Gasteiger partial charge < -0.3 is 15.0 Å². The molecule has 2 aromatic rings. The van der Waals surface area contributed by atoms with E-state index in [1.54, 1.807) is 0 Å². The van der Waals surface area contributed by atoms with Gasteiger partial charge in [-0.15, -0.1) is 0 Å². The number of nitrogens with one attached hydrogen (secondary N) is 1. The Morgan fingerprint density at radius 3 is 2.33 bits per heavy atom. The molecule has 0 bridgehead atoms. The molecule has 21 heavy (non-hydrogen) atoms. The molecule has 0 heterocycles. The van der Waals surface area contributed by atoms with E-state index in [0.717, 1.165) is 24.0 Å². The summed E-state index contributed by atoms with van der Waals surface area (Å²) in [6.45, 7) is 2.09. The van der Waals surface area contributed by atoms with Gasteiger partial charge in [-0.05, 0) is 29.9 Å². The fraction of sp³-hybridized carbons (Fsp3) is 0.235. The Kier molecular flexibility index (Phi) is 6.03. The van der Waals surface area contributed by atoms with Crippen LogP contribution in [0.15, 0.2) is 60.7 Å². The molecule has 0 saturated heterocycles. The van der Waals surface area contributed by atoms with E-state index in [1.807, 2.05) is 60.5 Å². The Balaban J connectivity index is 1.68. The Hall–Kier alpha value is -2.07. The lowest BCUT2D eigenvalue weighted by molar-refractivity contribution is 0.283. The fourth-order valence-corrected chi connectivity index (χ4v) is 1.99. The summed E-state index contributed by atoms with van der Waals surface area (Å²) in [5.74, 6) is 0.883. The van der Waals surface area contributed by atoms with E-state index in [9.17, 15) is 0 Å². The smallest absolute Gasteiger partial charge is 0.169 e. The highest BCUT2D eigenvalue weighted by molar-refractivity contribution is 7.80. The van der Waals surface area contributed by atoms with Crippen LogP contribution < -0.4 is 10.1 Å². The van der Waals surface area contributed by atoms with Gasteiger partial charge in [0, 0.05) is 13.6 Å². The first-order valence-corrected chi connectivity index (χ1v) is 7.37. The zero-order valence-corrected chi connectivity index (χ0v) is 13.0. The molecule has 0 aliphatic rings. The molecule has 4 heteroatoms. The summed E-state index contributed by atoms with van der Waals surface area (Å²) in [5, 5.41) is 3.98. The molecule has 0 amide bonds. The molecule has 0 aromatic heterocycles. The summed E-state index contributed by atoms with van der Waals surface area (Å²) in [6.07, 6.45) is 0. The Morgan fingerprint density at radius 1 is 1.05 bits per heavy atom. The number of hydrogen-bond donors (Lipinski definition) is 1. The van der Waals surface area contributed by atoms with Gasteiger partial charge in [-0.3, -0.25) is 0 Å². The lowest BCUT2D eigenvalue weighted by Gasteiger charge is -2.21. The summed E-state index contributed by atoms with van der Waals surface area (Å²) in [4.78, 5) is 1.99. The molecule has 2 aromatic carbocycles. The predicted molar refractivity (Wildman–Crippen MR) is 90.4 cm³/mol. The molecule has 0 saturated carbocycles. The predicted octanol–water partition coefficient (Wildman–Crippen LogP) is 3.07. The summed E-state index contributed by atoms with van der Waals surface area (Å²) in [5.41, 5.74) is 1.22. The molecule has 0 aliphatic carbocycles. The van der Waals surface area contributed by atoms with Gasteiger partial charge in [-0.2, -0.15) is 0 Å². The number of likely N-dealkylation sites (N-methyl/N-ethyl adjacent to an activating group) is 1. The number of benzene rings is 2. The van der Waals surface area contributed by atoms with Crippen LogP contribution in [-0.2, 0) is 6.54 Å². The fourth-order valence-electron chi connectivity index (χ4n) is 1.83. The first-order chi connectivity index (χ1) is 10.3. The maximum atomic E-state index is 5.66. The normalized spacial score (nSPS) is 9.95. The minimum atomic E-state index is 0.605. The van der Waals surface area contributed by atoms with Crippen LogP contribution in [0.2, 0.25) is 0 Å². The first-order valence-electron chi connectivity index (χ1n) is 6.96. The van der Waals surface area contributed by atoms with Crippen molar-refractivity contribution in [2.45, 2.75) is 6.54 Å². The molecule has 110 valence electrons. The zero-order chi connectivity index (χ0) is 14.9. The maximum absolute atomic E-state index is 5.66. The zero-order valence-electron chi connectivity index (χ0n) is 12.2. The third kappa shape index (κ3) is 5.44. The number of hydrogen-bond acceptors (Lipinski definition) is 2. The van der Waals surface area contributed by atoms with Gasteiger partial charge in [-0.25, -0.2) is 0 Å². The van der Waals surface area contributed by atoms with Crippen LogP contribution in [0, 0.1) is 0 Å². The van der Waals surface area contributed by atoms with Gasteiger partial charge in [0.1, 0.15) is 12.4 Å². The van der Waals surface area contributed by atoms with E-state index >= 15 is 0 Å². The topological polar surface area (TPSA) is 24.5 Å². The van der Waals surface area contributed by atoms with Crippen molar-refractivity contribution in [2.75, 3.05) is 20.2 Å². The summed E-state index contributed by atoms with van der Waals surface area (Å²) in [7, 11) is 1.97. The second-order valence-electron chi connectivity index (χ2n) is 4.73. The minimum Gasteiger partial charge on any atom is -0.492 e. The summed E-state index contributed by atoms with van der Waals surface area (Å²) < 4.78 is 5.66. The molecule has 0 spiro atoms. The van der Waals surface area contributed by atoms with Crippen LogP contribution >= 0.6 is 12.2 Å². The SMILES string of the molecule is CN(CCOc1ccccc1)C(=S)NCc1ccccc1. The largest absolute Gasteiger partial charge is 0.492 e. The van der Waals surface area contributed by atoms with Crippen molar-refractivity contribution >= 4 is 17.3 Å². The highest BCUT2D eigenvalue weighted by atomic mass is 32.1. The number of nitrogens with zero attached hydrogens (tertiary/aromatic N) is 1. The Bertz CT molecular complexity index is 545. The van der Waals surface area contributed by atoms with Crippen LogP contribution in [-0.4, -0.2) is 30.2 Å². The van der Waals surface area contributed by atoms with Gasteiger partial charge in [0.15, 0.2) is 5.11 Å². The van der Waals surface area contributed by atoms with E-state index in [4.69, 9.17) is 17.0 Å². The quantitative estimate of drug-likeness (QED) is 0.829. The standard InChI is InChI=1S/C17H20N2OS/c1-19(12-13-20-16-10-6-3-7-11-16)17(21)18-14-15-8-4-2-5-9-15/h2-11H,12-14H2,1H3,(H,18,21). The molecule has 2 rings (SSSR count). The first kappa shape index (κ1) is 15.3. The minimum absolute atomic E-state index is 0.605. The van der Waals surface area contributed by atoms with Gasteiger partial charge in [0.2, 0.25) is 0 Å². The molecule has 0 radical (unpaired) electrons. The molecule has 3 nitrogen and oxygen atoms in total. The molecule has 0 aliphatic heterocycles. The van der Waals surface area contributed by atoms with E-state index in [-0.39, 0.29) is 0 Å². The lowest BCUT2D eigenvalue weighted by atomic mass is 10.2. The van der Waals surface area contributed by atoms with Crippen LogP contribution in [0.4, 0.5) is 0 Å². The van der Waals surface area contributed by atoms with Gasteiger partial charge in [0.25, 0.3) is 0 Å². The second kappa shape index (κ2) is 8.27. The van der Waals surface area contributed by atoms with Crippen LogP contribution in [0.5, 0.6) is 5.75 Å². The summed E-state index contributed by atoms with van der Waals surface area (Å²) in [6, 6.07) is 20.0. The monoisotopic (exact) mass is 300 g/mol. The van der Waals surface area contributed by atoms with Crippen molar-refractivity contribution in [3.63, 3.8) is 0 Å². The van der Waals surface area contributed by atoms with Crippen molar-refractivity contribution in [1.29, 1.82) is 0 Å². The van der Waals surface area contributed by atoms with Crippen LogP contribution in [0.3, 0.4) is 0 Å². The Morgan fingerprint density at radius 2 is 1.67 bits per heavy atom. The lowest BCUT2D eigenvalue weighted by Crippen LogP contribution is -2.38. The molecular weight excluding hydrogens is 280 g/mol.